The van der Waals surface area contributed by atoms with E-state index in [-0.39, 0.29) is 11.9 Å². The van der Waals surface area contributed by atoms with Crippen LogP contribution in [-0.4, -0.2) is 23.5 Å². The van der Waals surface area contributed by atoms with Crippen molar-refractivity contribution in [1.29, 1.82) is 0 Å². The molecule has 1 aromatic heterocycles. The summed E-state index contributed by atoms with van der Waals surface area (Å²) in [5.41, 5.74) is 8.02. The lowest BCUT2D eigenvalue weighted by Gasteiger charge is -2.15. The highest BCUT2D eigenvalue weighted by molar-refractivity contribution is 6.02. The van der Waals surface area contributed by atoms with E-state index in [4.69, 9.17) is 10.2 Å². The van der Waals surface area contributed by atoms with Crippen molar-refractivity contribution in [3.63, 3.8) is 0 Å². The number of nitrogens with zero attached hydrogens (tertiary/aromatic N) is 2. The summed E-state index contributed by atoms with van der Waals surface area (Å²) in [6.45, 7) is 2.34. The third-order valence-corrected chi connectivity index (χ3v) is 2.95. The molecule has 0 radical (unpaired) electrons. The molecule has 1 saturated heterocycles. The maximum atomic E-state index is 11.8. The Hall–Kier alpha value is -1.88. The maximum Gasteiger partial charge on any atom is 0.228 e. The number of amides is 1. The second-order valence-corrected chi connectivity index (χ2v) is 4.33. The number of oxazole rings is 1. The summed E-state index contributed by atoms with van der Waals surface area (Å²) in [7, 11) is 0. The van der Waals surface area contributed by atoms with Gasteiger partial charge in [0.05, 0.1) is 5.69 Å². The Morgan fingerprint density at radius 3 is 3.06 bits per heavy atom. The van der Waals surface area contributed by atoms with Crippen molar-refractivity contribution in [3.05, 3.63) is 24.1 Å². The van der Waals surface area contributed by atoms with Crippen molar-refractivity contribution in [1.82, 2.24) is 4.98 Å². The number of benzene rings is 1. The van der Waals surface area contributed by atoms with Gasteiger partial charge >= 0.3 is 0 Å². The standard InChI is InChI=1S/C12H13N3O2/c1-7-14-12-9(3-2-4-10(12)17-7)15-6-8(13)5-11(15)16/h2-4,8H,5-6,13H2,1H3. The number of carbonyl (C=O) groups is 1. The Kier molecular flexibility index (Phi) is 2.16. The number of carbonyl (C=O) groups excluding carboxylic acids is 1. The zero-order chi connectivity index (χ0) is 12.0. The Labute approximate surface area is 98.2 Å². The van der Waals surface area contributed by atoms with Gasteiger partial charge in [0.1, 0.15) is 5.52 Å². The molecular formula is C12H13N3O2. The molecule has 0 spiro atoms. The van der Waals surface area contributed by atoms with Gasteiger partial charge in [-0.05, 0) is 12.1 Å². The van der Waals surface area contributed by atoms with Crippen LogP contribution in [0, 0.1) is 6.92 Å². The molecule has 2 N–H and O–H groups in total. The lowest BCUT2D eigenvalue weighted by molar-refractivity contribution is -0.117. The van der Waals surface area contributed by atoms with Gasteiger partial charge in [-0.25, -0.2) is 4.98 Å². The average molecular weight is 231 g/mol. The number of anilines is 1. The van der Waals surface area contributed by atoms with Crippen LogP contribution in [0.4, 0.5) is 5.69 Å². The predicted octanol–water partition coefficient (Wildman–Crippen LogP) is 1.20. The van der Waals surface area contributed by atoms with Gasteiger partial charge < -0.3 is 15.1 Å². The third kappa shape index (κ3) is 1.59. The number of fused-ring (bicyclic) bond motifs is 1. The third-order valence-electron chi connectivity index (χ3n) is 2.95. The van der Waals surface area contributed by atoms with Gasteiger partial charge in [-0.15, -0.1) is 0 Å². The van der Waals surface area contributed by atoms with Crippen LogP contribution in [0.25, 0.3) is 11.1 Å². The molecule has 1 fully saturated rings. The predicted molar refractivity (Wildman–Crippen MR) is 63.7 cm³/mol. The van der Waals surface area contributed by atoms with E-state index in [1.165, 1.54) is 0 Å². The van der Waals surface area contributed by atoms with Gasteiger partial charge in [0.25, 0.3) is 0 Å². The molecule has 1 aliphatic rings. The van der Waals surface area contributed by atoms with Crippen LogP contribution in [0.15, 0.2) is 22.6 Å². The summed E-state index contributed by atoms with van der Waals surface area (Å²) in [5.74, 6) is 0.647. The molecule has 2 heterocycles. The van der Waals surface area contributed by atoms with Crippen LogP contribution >= 0.6 is 0 Å². The number of para-hydroxylation sites is 1. The number of hydrogen-bond acceptors (Lipinski definition) is 4. The molecule has 1 amide bonds. The molecule has 0 bridgehead atoms. The zero-order valence-electron chi connectivity index (χ0n) is 9.51. The van der Waals surface area contributed by atoms with E-state index in [1.807, 2.05) is 18.2 Å². The highest BCUT2D eigenvalue weighted by atomic mass is 16.3. The molecule has 2 aromatic rings. The van der Waals surface area contributed by atoms with Crippen molar-refractivity contribution in [3.8, 4) is 0 Å². The number of aromatic nitrogens is 1. The van der Waals surface area contributed by atoms with Crippen LogP contribution in [0.5, 0.6) is 0 Å². The first-order valence-electron chi connectivity index (χ1n) is 5.57. The molecule has 1 aromatic carbocycles. The van der Waals surface area contributed by atoms with Crippen molar-refractivity contribution in [2.24, 2.45) is 5.73 Å². The molecule has 1 aliphatic heterocycles. The summed E-state index contributed by atoms with van der Waals surface area (Å²) in [4.78, 5) is 17.8. The van der Waals surface area contributed by atoms with Crippen LogP contribution in [-0.2, 0) is 4.79 Å². The quantitative estimate of drug-likeness (QED) is 0.800. The molecule has 17 heavy (non-hydrogen) atoms. The summed E-state index contributed by atoms with van der Waals surface area (Å²) in [6, 6.07) is 5.49. The van der Waals surface area contributed by atoms with E-state index in [1.54, 1.807) is 11.8 Å². The van der Waals surface area contributed by atoms with Crippen LogP contribution in [0.2, 0.25) is 0 Å². The van der Waals surface area contributed by atoms with E-state index < -0.39 is 0 Å². The molecule has 1 unspecified atom stereocenters. The molecular weight excluding hydrogens is 218 g/mol. The van der Waals surface area contributed by atoms with Crippen LogP contribution in [0.3, 0.4) is 0 Å². The van der Waals surface area contributed by atoms with Crippen molar-refractivity contribution < 1.29 is 9.21 Å². The minimum Gasteiger partial charge on any atom is -0.441 e. The number of hydrogen-bond donors (Lipinski definition) is 1. The zero-order valence-corrected chi connectivity index (χ0v) is 9.51. The fourth-order valence-corrected chi connectivity index (χ4v) is 2.23. The minimum absolute atomic E-state index is 0.0469. The normalized spacial score (nSPS) is 20.5. The first kappa shape index (κ1) is 10.3. The van der Waals surface area contributed by atoms with Gasteiger partial charge in [-0.2, -0.15) is 0 Å². The van der Waals surface area contributed by atoms with E-state index in [0.717, 1.165) is 11.2 Å². The lowest BCUT2D eigenvalue weighted by atomic mass is 10.2. The second kappa shape index (κ2) is 3.56. The number of aryl methyl sites for hydroxylation is 1. The van der Waals surface area contributed by atoms with Crippen molar-refractivity contribution in [2.45, 2.75) is 19.4 Å². The Morgan fingerprint density at radius 2 is 2.35 bits per heavy atom. The second-order valence-electron chi connectivity index (χ2n) is 4.33. The Balaban J connectivity index is 2.14. The average Bonchev–Trinajstić information content (AvgIpc) is 2.79. The minimum atomic E-state index is -0.0919. The molecule has 5 heteroatoms. The molecule has 0 saturated carbocycles. The number of rotatable bonds is 1. The van der Waals surface area contributed by atoms with E-state index in [0.29, 0.717) is 24.4 Å². The van der Waals surface area contributed by atoms with Crippen molar-refractivity contribution >= 4 is 22.7 Å². The Morgan fingerprint density at radius 1 is 1.53 bits per heavy atom. The summed E-state index contributed by atoms with van der Waals surface area (Å²) in [5, 5.41) is 0. The largest absolute Gasteiger partial charge is 0.441 e. The summed E-state index contributed by atoms with van der Waals surface area (Å²) >= 11 is 0. The van der Waals surface area contributed by atoms with E-state index in [9.17, 15) is 4.79 Å². The van der Waals surface area contributed by atoms with E-state index in [2.05, 4.69) is 4.98 Å². The highest BCUT2D eigenvalue weighted by Crippen LogP contribution is 2.29. The fourth-order valence-electron chi connectivity index (χ4n) is 2.23. The monoisotopic (exact) mass is 231 g/mol. The maximum absolute atomic E-state index is 11.8. The van der Waals surface area contributed by atoms with Gasteiger partial charge in [0.15, 0.2) is 11.5 Å². The van der Waals surface area contributed by atoms with Crippen molar-refractivity contribution in [2.75, 3.05) is 11.4 Å². The topological polar surface area (TPSA) is 72.4 Å². The Bertz CT molecular complexity index is 590. The van der Waals surface area contributed by atoms with Gasteiger partial charge in [-0.1, -0.05) is 6.07 Å². The summed E-state index contributed by atoms with van der Waals surface area (Å²) < 4.78 is 5.45. The van der Waals surface area contributed by atoms with Gasteiger partial charge in [-0.3, -0.25) is 4.79 Å². The lowest BCUT2D eigenvalue weighted by Crippen LogP contribution is -2.28. The van der Waals surface area contributed by atoms with Gasteiger partial charge in [0, 0.05) is 25.9 Å². The molecule has 3 rings (SSSR count). The number of nitrogens with two attached hydrogens (primary N) is 1. The first-order chi connectivity index (χ1) is 8.15. The molecule has 88 valence electrons. The molecule has 0 aliphatic carbocycles. The first-order valence-corrected chi connectivity index (χ1v) is 5.57. The molecule has 1 atom stereocenters. The SMILES string of the molecule is Cc1nc2c(N3CC(N)CC3=O)cccc2o1. The molecule has 5 nitrogen and oxygen atoms in total. The van der Waals surface area contributed by atoms with E-state index >= 15 is 0 Å². The highest BCUT2D eigenvalue weighted by Gasteiger charge is 2.29. The smallest absolute Gasteiger partial charge is 0.228 e. The van der Waals surface area contributed by atoms with Gasteiger partial charge in [0.2, 0.25) is 5.91 Å². The van der Waals surface area contributed by atoms with Crippen LogP contribution < -0.4 is 10.6 Å². The van der Waals surface area contributed by atoms with Crippen LogP contribution in [0.1, 0.15) is 12.3 Å². The fraction of sp³-hybridized carbons (Fsp3) is 0.333. The summed E-state index contributed by atoms with van der Waals surface area (Å²) in [6.07, 6.45) is 0.396.